The average Bonchev–Trinajstić information content (AvgIpc) is 2.76. The molecule has 2 rings (SSSR count). The van der Waals surface area contributed by atoms with Gasteiger partial charge >= 0.3 is 6.18 Å². The third-order valence-corrected chi connectivity index (χ3v) is 2.75. The molecule has 0 fully saturated rings. The first kappa shape index (κ1) is 12.7. The summed E-state index contributed by atoms with van der Waals surface area (Å²) in [4.78, 5) is 4.17. The first-order valence-electron chi connectivity index (χ1n) is 5.67. The molecule has 2 aromatic rings. The van der Waals surface area contributed by atoms with Gasteiger partial charge in [0.15, 0.2) is 0 Å². The van der Waals surface area contributed by atoms with Gasteiger partial charge in [0.1, 0.15) is 5.82 Å². The first-order chi connectivity index (χ1) is 8.50. The number of benzene rings is 1. The number of halogens is 3. The fraction of sp³-hybridized carbons (Fsp3) is 0.308. The van der Waals surface area contributed by atoms with Crippen LogP contribution in [0.2, 0.25) is 0 Å². The highest BCUT2D eigenvalue weighted by Crippen LogP contribution is 2.29. The number of hydrogen-bond acceptors (Lipinski definition) is 1. The van der Waals surface area contributed by atoms with Crippen molar-refractivity contribution in [2.75, 3.05) is 0 Å². The van der Waals surface area contributed by atoms with Crippen molar-refractivity contribution in [3.63, 3.8) is 0 Å². The van der Waals surface area contributed by atoms with Gasteiger partial charge in [-0.3, -0.25) is 0 Å². The highest BCUT2D eigenvalue weighted by molar-refractivity contribution is 5.25. The molecular weight excluding hydrogens is 241 g/mol. The number of nitrogens with zero attached hydrogens (tertiary/aromatic N) is 2. The molecule has 0 aliphatic carbocycles. The summed E-state index contributed by atoms with van der Waals surface area (Å²) in [5.41, 5.74) is 0.211. The Morgan fingerprint density at radius 2 is 1.83 bits per heavy atom. The van der Waals surface area contributed by atoms with Crippen LogP contribution in [0.4, 0.5) is 13.2 Å². The molecule has 0 bridgehead atoms. The average molecular weight is 254 g/mol. The molecule has 96 valence electrons. The molecule has 0 atom stereocenters. The standard InChI is InChI=1S/C13H13F3N2/c1-2-12-17-7-8-18(12)9-10-3-5-11(6-4-10)13(14,15)16/h3-8H,2,9H2,1H3. The quantitative estimate of drug-likeness (QED) is 0.819. The Morgan fingerprint density at radius 3 is 2.39 bits per heavy atom. The summed E-state index contributed by atoms with van der Waals surface area (Å²) < 4.78 is 39.1. The maximum atomic E-state index is 12.4. The van der Waals surface area contributed by atoms with Crippen LogP contribution in [0.3, 0.4) is 0 Å². The normalized spacial score (nSPS) is 11.8. The Kier molecular flexibility index (Phi) is 3.41. The summed E-state index contributed by atoms with van der Waals surface area (Å²) in [6, 6.07) is 5.22. The summed E-state index contributed by atoms with van der Waals surface area (Å²) in [6.45, 7) is 2.53. The van der Waals surface area contributed by atoms with Gasteiger partial charge in [-0.1, -0.05) is 19.1 Å². The van der Waals surface area contributed by atoms with Gasteiger partial charge in [0.2, 0.25) is 0 Å². The summed E-state index contributed by atoms with van der Waals surface area (Å²) in [5, 5.41) is 0. The molecule has 0 amide bonds. The SMILES string of the molecule is CCc1nccn1Cc1ccc(C(F)(F)F)cc1. The van der Waals surface area contributed by atoms with Crippen molar-refractivity contribution in [1.82, 2.24) is 9.55 Å². The monoisotopic (exact) mass is 254 g/mol. The van der Waals surface area contributed by atoms with Gasteiger partial charge in [0.05, 0.1) is 5.56 Å². The van der Waals surface area contributed by atoms with Gasteiger partial charge in [0, 0.05) is 25.4 Å². The van der Waals surface area contributed by atoms with E-state index >= 15 is 0 Å². The van der Waals surface area contributed by atoms with E-state index < -0.39 is 11.7 Å². The van der Waals surface area contributed by atoms with Crippen LogP contribution in [0, 0.1) is 0 Å². The van der Waals surface area contributed by atoms with Gasteiger partial charge < -0.3 is 4.57 Å². The maximum absolute atomic E-state index is 12.4. The molecule has 5 heteroatoms. The van der Waals surface area contributed by atoms with Crippen molar-refractivity contribution >= 4 is 0 Å². The fourth-order valence-electron chi connectivity index (χ4n) is 1.79. The minimum atomic E-state index is -4.28. The summed E-state index contributed by atoms with van der Waals surface area (Å²) >= 11 is 0. The van der Waals surface area contributed by atoms with Crippen LogP contribution in [0.25, 0.3) is 0 Å². The van der Waals surface area contributed by atoms with Crippen molar-refractivity contribution in [2.45, 2.75) is 26.1 Å². The minimum Gasteiger partial charge on any atom is -0.331 e. The molecule has 18 heavy (non-hydrogen) atoms. The van der Waals surface area contributed by atoms with Gasteiger partial charge in [-0.25, -0.2) is 4.98 Å². The third-order valence-electron chi connectivity index (χ3n) is 2.75. The van der Waals surface area contributed by atoms with E-state index in [2.05, 4.69) is 4.98 Å². The minimum absolute atomic E-state index is 0.543. The van der Waals surface area contributed by atoms with E-state index in [9.17, 15) is 13.2 Å². The largest absolute Gasteiger partial charge is 0.416 e. The third kappa shape index (κ3) is 2.72. The Labute approximate surface area is 103 Å². The zero-order chi connectivity index (χ0) is 13.2. The lowest BCUT2D eigenvalue weighted by Gasteiger charge is -2.09. The predicted molar refractivity (Wildman–Crippen MR) is 62.2 cm³/mol. The molecule has 0 N–H and O–H groups in total. The number of aromatic nitrogens is 2. The molecule has 0 unspecified atom stereocenters. The van der Waals surface area contributed by atoms with Gasteiger partial charge in [-0.05, 0) is 17.7 Å². The highest BCUT2D eigenvalue weighted by atomic mass is 19.4. The number of aryl methyl sites for hydroxylation is 1. The molecule has 0 saturated carbocycles. The zero-order valence-electron chi connectivity index (χ0n) is 9.91. The lowest BCUT2D eigenvalue weighted by atomic mass is 10.1. The lowest BCUT2D eigenvalue weighted by Crippen LogP contribution is -2.06. The maximum Gasteiger partial charge on any atom is 0.416 e. The molecule has 0 saturated heterocycles. The van der Waals surface area contributed by atoms with Gasteiger partial charge in [0.25, 0.3) is 0 Å². The molecule has 1 aromatic heterocycles. The second-order valence-electron chi connectivity index (χ2n) is 4.02. The van der Waals surface area contributed by atoms with E-state index in [1.54, 1.807) is 6.20 Å². The summed E-state index contributed by atoms with van der Waals surface area (Å²) in [5.74, 6) is 0.926. The zero-order valence-corrected chi connectivity index (χ0v) is 9.91. The predicted octanol–water partition coefficient (Wildman–Crippen LogP) is 3.51. The van der Waals surface area contributed by atoms with Crippen LogP contribution in [0.5, 0.6) is 0 Å². The van der Waals surface area contributed by atoms with Crippen LogP contribution >= 0.6 is 0 Å². The van der Waals surface area contributed by atoms with Crippen LogP contribution < -0.4 is 0 Å². The van der Waals surface area contributed by atoms with E-state index in [1.807, 2.05) is 17.7 Å². The van der Waals surface area contributed by atoms with Crippen molar-refractivity contribution in [2.24, 2.45) is 0 Å². The van der Waals surface area contributed by atoms with Crippen molar-refractivity contribution in [3.05, 3.63) is 53.6 Å². The van der Waals surface area contributed by atoms with Gasteiger partial charge in [-0.15, -0.1) is 0 Å². The number of alkyl halides is 3. The van der Waals surface area contributed by atoms with E-state index in [4.69, 9.17) is 0 Å². The second kappa shape index (κ2) is 4.84. The molecule has 1 aromatic carbocycles. The van der Waals surface area contributed by atoms with E-state index in [0.29, 0.717) is 6.54 Å². The second-order valence-corrected chi connectivity index (χ2v) is 4.02. The smallest absolute Gasteiger partial charge is 0.331 e. The Bertz CT molecular complexity index is 512. The number of rotatable bonds is 3. The lowest BCUT2D eigenvalue weighted by molar-refractivity contribution is -0.137. The summed E-state index contributed by atoms with van der Waals surface area (Å²) in [6.07, 6.45) is 0.0508. The molecule has 1 heterocycles. The Balaban J connectivity index is 2.16. The van der Waals surface area contributed by atoms with E-state index in [-0.39, 0.29) is 0 Å². The van der Waals surface area contributed by atoms with Crippen LogP contribution in [0.15, 0.2) is 36.7 Å². The van der Waals surface area contributed by atoms with Crippen molar-refractivity contribution in [3.8, 4) is 0 Å². The van der Waals surface area contributed by atoms with E-state index in [1.165, 1.54) is 12.1 Å². The van der Waals surface area contributed by atoms with Gasteiger partial charge in [-0.2, -0.15) is 13.2 Å². The van der Waals surface area contributed by atoms with Crippen molar-refractivity contribution in [1.29, 1.82) is 0 Å². The molecule has 0 spiro atoms. The molecule has 0 aliphatic heterocycles. The van der Waals surface area contributed by atoms with Crippen LogP contribution in [-0.4, -0.2) is 9.55 Å². The van der Waals surface area contributed by atoms with E-state index in [0.717, 1.165) is 29.9 Å². The topological polar surface area (TPSA) is 17.8 Å². The first-order valence-corrected chi connectivity index (χ1v) is 5.67. The summed E-state index contributed by atoms with van der Waals surface area (Å²) in [7, 11) is 0. The molecule has 2 nitrogen and oxygen atoms in total. The number of hydrogen-bond donors (Lipinski definition) is 0. The fourth-order valence-corrected chi connectivity index (χ4v) is 1.79. The Morgan fingerprint density at radius 1 is 1.17 bits per heavy atom. The Hall–Kier alpha value is -1.78. The molecule has 0 radical (unpaired) electrons. The molecule has 0 aliphatic rings. The van der Waals surface area contributed by atoms with Crippen molar-refractivity contribution < 1.29 is 13.2 Å². The van der Waals surface area contributed by atoms with Crippen LogP contribution in [-0.2, 0) is 19.1 Å². The molecular formula is C13H13F3N2. The highest BCUT2D eigenvalue weighted by Gasteiger charge is 2.29. The number of imidazole rings is 1. The van der Waals surface area contributed by atoms with Crippen LogP contribution in [0.1, 0.15) is 23.9 Å².